The zero-order chi connectivity index (χ0) is 23.5. The van der Waals surface area contributed by atoms with Gasteiger partial charge >= 0.3 is 6.03 Å². The molecular weight excluding hydrogens is 410 g/mol. The van der Waals surface area contributed by atoms with E-state index in [-0.39, 0.29) is 18.1 Å². The van der Waals surface area contributed by atoms with Crippen LogP contribution >= 0.6 is 0 Å². The number of rotatable bonds is 11. The number of nitrogens with one attached hydrogen (secondary N) is 1. The second-order valence-corrected chi connectivity index (χ2v) is 10.6. The van der Waals surface area contributed by atoms with E-state index in [1.807, 2.05) is 35.2 Å². The molecule has 0 aromatic heterocycles. The van der Waals surface area contributed by atoms with Crippen molar-refractivity contribution < 1.29 is 9.90 Å². The number of likely N-dealkylation sites (tertiary alicyclic amines) is 1. The molecular formula is C28H47N3O2. The SMILES string of the molecule is CC(C)CCC(C(O)c1ccccc1)N(CCCN1CCCCC1)C(=O)NC1CCCCC1. The Morgan fingerprint density at radius 3 is 2.36 bits per heavy atom. The van der Waals surface area contributed by atoms with Crippen LogP contribution in [0.4, 0.5) is 4.79 Å². The Morgan fingerprint density at radius 1 is 1.03 bits per heavy atom. The van der Waals surface area contributed by atoms with Gasteiger partial charge in [-0.3, -0.25) is 0 Å². The lowest BCUT2D eigenvalue weighted by Crippen LogP contribution is -2.52. The summed E-state index contributed by atoms with van der Waals surface area (Å²) < 4.78 is 0. The summed E-state index contributed by atoms with van der Waals surface area (Å²) in [6.07, 6.45) is 11.8. The molecule has 0 spiro atoms. The standard InChI is InChI=1S/C28H47N3O2/c1-23(2)17-18-26(27(32)24-13-6-3-7-14-24)31(22-12-21-30-19-10-5-11-20-30)28(33)29-25-15-8-4-9-16-25/h3,6-7,13-14,23,25-27,32H,4-5,8-12,15-22H2,1-2H3,(H,29,33). The van der Waals surface area contributed by atoms with Crippen LogP contribution in [-0.2, 0) is 0 Å². The van der Waals surface area contributed by atoms with Crippen LogP contribution in [0.25, 0.3) is 0 Å². The molecule has 3 rings (SSSR count). The van der Waals surface area contributed by atoms with E-state index in [0.29, 0.717) is 12.5 Å². The molecule has 0 radical (unpaired) electrons. The molecule has 1 heterocycles. The Bertz CT molecular complexity index is 669. The van der Waals surface area contributed by atoms with Crippen molar-refractivity contribution in [2.24, 2.45) is 5.92 Å². The number of aliphatic hydroxyl groups is 1. The van der Waals surface area contributed by atoms with Gasteiger partial charge in [0.15, 0.2) is 0 Å². The maximum Gasteiger partial charge on any atom is 0.317 e. The van der Waals surface area contributed by atoms with E-state index in [1.165, 1.54) is 51.6 Å². The lowest BCUT2D eigenvalue weighted by Gasteiger charge is -2.38. The molecule has 1 aromatic rings. The number of amides is 2. The number of urea groups is 1. The second-order valence-electron chi connectivity index (χ2n) is 10.6. The molecule has 1 aliphatic heterocycles. The average Bonchev–Trinajstić information content (AvgIpc) is 2.84. The third-order valence-electron chi connectivity index (χ3n) is 7.46. The van der Waals surface area contributed by atoms with Crippen molar-refractivity contribution in [1.82, 2.24) is 15.1 Å². The molecule has 2 atom stereocenters. The summed E-state index contributed by atoms with van der Waals surface area (Å²) in [5.41, 5.74) is 0.901. The first-order valence-electron chi connectivity index (χ1n) is 13.6. The van der Waals surface area contributed by atoms with Crippen molar-refractivity contribution in [3.05, 3.63) is 35.9 Å². The Labute approximate surface area is 201 Å². The van der Waals surface area contributed by atoms with Gasteiger partial charge < -0.3 is 20.2 Å². The molecule has 1 saturated heterocycles. The van der Waals surface area contributed by atoms with Crippen LogP contribution in [0.5, 0.6) is 0 Å². The van der Waals surface area contributed by atoms with Gasteiger partial charge in [0.25, 0.3) is 0 Å². The number of benzene rings is 1. The van der Waals surface area contributed by atoms with E-state index >= 15 is 0 Å². The van der Waals surface area contributed by atoms with Gasteiger partial charge in [-0.05, 0) is 76.1 Å². The van der Waals surface area contributed by atoms with E-state index in [1.54, 1.807) is 0 Å². The van der Waals surface area contributed by atoms with Crippen molar-refractivity contribution in [1.29, 1.82) is 0 Å². The van der Waals surface area contributed by atoms with Crippen LogP contribution < -0.4 is 5.32 Å². The van der Waals surface area contributed by atoms with Gasteiger partial charge in [0, 0.05) is 12.6 Å². The first kappa shape index (κ1) is 26.0. The van der Waals surface area contributed by atoms with Crippen LogP contribution in [0, 0.1) is 5.92 Å². The van der Waals surface area contributed by atoms with Crippen molar-refractivity contribution in [3.8, 4) is 0 Å². The molecule has 0 bridgehead atoms. The zero-order valence-corrected chi connectivity index (χ0v) is 21.1. The van der Waals surface area contributed by atoms with Crippen LogP contribution in [0.15, 0.2) is 30.3 Å². The summed E-state index contributed by atoms with van der Waals surface area (Å²) in [5.74, 6) is 0.534. The lowest BCUT2D eigenvalue weighted by atomic mass is 9.93. The maximum absolute atomic E-state index is 13.6. The highest BCUT2D eigenvalue weighted by Gasteiger charge is 2.32. The Morgan fingerprint density at radius 2 is 1.70 bits per heavy atom. The van der Waals surface area contributed by atoms with Gasteiger partial charge in [0.2, 0.25) is 0 Å². The Hall–Kier alpha value is -1.59. The van der Waals surface area contributed by atoms with Gasteiger partial charge in [-0.25, -0.2) is 4.79 Å². The van der Waals surface area contributed by atoms with Crippen molar-refractivity contribution in [2.75, 3.05) is 26.2 Å². The van der Waals surface area contributed by atoms with Crippen molar-refractivity contribution >= 4 is 6.03 Å². The molecule has 33 heavy (non-hydrogen) atoms. The number of hydrogen-bond acceptors (Lipinski definition) is 3. The molecule has 1 saturated carbocycles. The summed E-state index contributed by atoms with van der Waals surface area (Å²) in [6, 6.07) is 9.97. The fraction of sp³-hybridized carbons (Fsp3) is 0.750. The Kier molecular flexibility index (Phi) is 11.0. The maximum atomic E-state index is 13.6. The normalized spacial score (nSPS) is 19.9. The molecule has 5 nitrogen and oxygen atoms in total. The van der Waals surface area contributed by atoms with E-state index < -0.39 is 6.10 Å². The number of nitrogens with zero attached hydrogens (tertiary/aromatic N) is 2. The molecule has 2 unspecified atom stereocenters. The summed E-state index contributed by atoms with van der Waals surface area (Å²) in [7, 11) is 0. The van der Waals surface area contributed by atoms with Gasteiger partial charge in [0.1, 0.15) is 0 Å². The third-order valence-corrected chi connectivity index (χ3v) is 7.46. The summed E-state index contributed by atoms with van der Waals surface area (Å²) >= 11 is 0. The second kappa shape index (κ2) is 14.0. The minimum Gasteiger partial charge on any atom is -0.386 e. The minimum absolute atomic E-state index is 0.0179. The highest BCUT2D eigenvalue weighted by Crippen LogP contribution is 2.27. The van der Waals surface area contributed by atoms with E-state index in [9.17, 15) is 9.90 Å². The van der Waals surface area contributed by atoms with Crippen molar-refractivity contribution in [2.45, 2.75) is 103 Å². The fourth-order valence-corrected chi connectivity index (χ4v) is 5.43. The molecule has 1 aromatic carbocycles. The van der Waals surface area contributed by atoms with Gasteiger partial charge in [-0.1, -0.05) is 69.9 Å². The van der Waals surface area contributed by atoms with Crippen LogP contribution in [0.1, 0.15) is 96.1 Å². The molecule has 2 fully saturated rings. The van der Waals surface area contributed by atoms with Gasteiger partial charge in [-0.15, -0.1) is 0 Å². The predicted octanol–water partition coefficient (Wildman–Crippen LogP) is 5.75. The zero-order valence-electron chi connectivity index (χ0n) is 21.1. The van der Waals surface area contributed by atoms with E-state index in [2.05, 4.69) is 24.1 Å². The van der Waals surface area contributed by atoms with Gasteiger partial charge in [-0.2, -0.15) is 0 Å². The highest BCUT2D eigenvalue weighted by molar-refractivity contribution is 5.75. The summed E-state index contributed by atoms with van der Waals surface area (Å²) in [6.45, 7) is 8.52. The molecule has 1 aliphatic carbocycles. The molecule has 2 amide bonds. The predicted molar refractivity (Wildman–Crippen MR) is 136 cm³/mol. The van der Waals surface area contributed by atoms with Crippen molar-refractivity contribution in [3.63, 3.8) is 0 Å². The van der Waals surface area contributed by atoms with Crippen LogP contribution in [-0.4, -0.2) is 59.2 Å². The molecule has 2 aliphatic rings. The quantitative estimate of drug-likeness (QED) is 0.445. The average molecular weight is 458 g/mol. The van der Waals surface area contributed by atoms with Crippen LogP contribution in [0.2, 0.25) is 0 Å². The number of carbonyl (C=O) groups is 1. The smallest absolute Gasteiger partial charge is 0.317 e. The first-order chi connectivity index (χ1) is 16.0. The minimum atomic E-state index is -0.669. The third kappa shape index (κ3) is 8.60. The van der Waals surface area contributed by atoms with Crippen LogP contribution in [0.3, 0.4) is 0 Å². The number of hydrogen-bond donors (Lipinski definition) is 2. The molecule has 5 heteroatoms. The number of piperidine rings is 1. The first-order valence-corrected chi connectivity index (χ1v) is 13.6. The highest BCUT2D eigenvalue weighted by atomic mass is 16.3. The Balaban J connectivity index is 1.73. The number of carbonyl (C=O) groups excluding carboxylic acids is 1. The molecule has 186 valence electrons. The van der Waals surface area contributed by atoms with E-state index in [4.69, 9.17) is 0 Å². The van der Waals surface area contributed by atoms with Gasteiger partial charge in [0.05, 0.1) is 12.1 Å². The lowest BCUT2D eigenvalue weighted by molar-refractivity contribution is 0.0538. The topological polar surface area (TPSA) is 55.8 Å². The summed E-state index contributed by atoms with van der Waals surface area (Å²) in [4.78, 5) is 18.1. The van der Waals surface area contributed by atoms with E-state index in [0.717, 1.165) is 44.2 Å². The fourth-order valence-electron chi connectivity index (χ4n) is 5.43. The molecule has 2 N–H and O–H groups in total. The monoisotopic (exact) mass is 457 g/mol. The number of aliphatic hydroxyl groups excluding tert-OH is 1. The summed E-state index contributed by atoms with van der Waals surface area (Å²) in [5, 5.41) is 14.8. The largest absolute Gasteiger partial charge is 0.386 e.